The largest absolute Gasteiger partial charge is 0.390 e. The molecule has 0 aromatic rings. The van der Waals surface area contributed by atoms with Crippen LogP contribution in [0.5, 0.6) is 0 Å². The fourth-order valence-corrected chi connectivity index (χ4v) is 2.27. The molecule has 0 amide bonds. The average molecular weight is 156 g/mol. The molecule has 1 rings (SSSR count). The molecule has 0 spiro atoms. The fourth-order valence-electron chi connectivity index (χ4n) is 2.27. The predicted molar refractivity (Wildman–Crippen MR) is 47.3 cm³/mol. The van der Waals surface area contributed by atoms with E-state index in [1.807, 2.05) is 6.92 Å². The average Bonchev–Trinajstić information content (AvgIpc) is 1.84. The van der Waals surface area contributed by atoms with Crippen LogP contribution in [0.2, 0.25) is 0 Å². The molecule has 1 N–H and O–H groups in total. The summed E-state index contributed by atoms with van der Waals surface area (Å²) in [6.07, 6.45) is 2.36. The van der Waals surface area contributed by atoms with Crippen LogP contribution in [0.3, 0.4) is 0 Å². The Morgan fingerprint density at radius 2 is 1.45 bits per heavy atom. The molecular weight excluding hydrogens is 136 g/mol. The van der Waals surface area contributed by atoms with E-state index >= 15 is 0 Å². The first kappa shape index (κ1) is 9.05. The number of hydrogen-bond acceptors (Lipinski definition) is 1. The summed E-state index contributed by atoms with van der Waals surface area (Å²) in [5, 5.41) is 10.0. The summed E-state index contributed by atoms with van der Waals surface area (Å²) in [7, 11) is 0. The maximum Gasteiger partial charge on any atom is 0.0670 e. The van der Waals surface area contributed by atoms with E-state index in [4.69, 9.17) is 0 Å². The van der Waals surface area contributed by atoms with Crippen molar-refractivity contribution in [3.63, 3.8) is 0 Å². The molecule has 1 fully saturated rings. The topological polar surface area (TPSA) is 20.2 Å². The Hall–Kier alpha value is -0.0400. The lowest BCUT2D eigenvalue weighted by molar-refractivity contribution is -0.0790. The van der Waals surface area contributed by atoms with E-state index in [-0.39, 0.29) is 0 Å². The van der Waals surface area contributed by atoms with Gasteiger partial charge in [0.2, 0.25) is 0 Å². The van der Waals surface area contributed by atoms with Gasteiger partial charge < -0.3 is 5.11 Å². The molecule has 0 heterocycles. The van der Waals surface area contributed by atoms with Gasteiger partial charge in [0.15, 0.2) is 0 Å². The lowest BCUT2D eigenvalue weighted by Crippen LogP contribution is -2.44. The smallest absolute Gasteiger partial charge is 0.0670 e. The minimum absolute atomic E-state index is 0.424. The van der Waals surface area contributed by atoms with Crippen molar-refractivity contribution in [3.05, 3.63) is 0 Å². The molecule has 1 saturated carbocycles. The predicted octanol–water partition coefficient (Wildman–Crippen LogP) is 2.44. The maximum absolute atomic E-state index is 10.0. The third kappa shape index (κ3) is 1.58. The first-order chi connectivity index (χ1) is 4.94. The summed E-state index contributed by atoms with van der Waals surface area (Å²) < 4.78 is 0. The molecule has 0 aromatic heterocycles. The van der Waals surface area contributed by atoms with Gasteiger partial charge in [-0.1, -0.05) is 20.8 Å². The summed E-state index contributed by atoms with van der Waals surface area (Å²) in [5.41, 5.74) is -0.424. The Balaban J connectivity index is 2.67. The van der Waals surface area contributed by atoms with Crippen LogP contribution in [0.1, 0.15) is 40.5 Å². The second kappa shape index (κ2) is 2.78. The Morgan fingerprint density at radius 3 is 1.82 bits per heavy atom. The van der Waals surface area contributed by atoms with Crippen LogP contribution < -0.4 is 0 Å². The molecule has 0 bridgehead atoms. The highest BCUT2D eigenvalue weighted by molar-refractivity contribution is 4.90. The summed E-state index contributed by atoms with van der Waals surface area (Å²) in [6.45, 7) is 8.58. The van der Waals surface area contributed by atoms with Gasteiger partial charge in [-0.15, -0.1) is 0 Å². The third-order valence-electron chi connectivity index (χ3n) is 3.51. The van der Waals surface area contributed by atoms with Crippen molar-refractivity contribution in [2.75, 3.05) is 0 Å². The molecule has 1 nitrogen and oxygen atoms in total. The van der Waals surface area contributed by atoms with Gasteiger partial charge in [0.1, 0.15) is 0 Å². The first-order valence-corrected chi connectivity index (χ1v) is 4.67. The molecule has 2 unspecified atom stereocenters. The quantitative estimate of drug-likeness (QED) is 0.571. The van der Waals surface area contributed by atoms with Crippen LogP contribution in [0.4, 0.5) is 0 Å². The second-order valence-corrected chi connectivity index (χ2v) is 4.60. The lowest BCUT2D eigenvalue weighted by atomic mass is 9.67. The van der Waals surface area contributed by atoms with Crippen molar-refractivity contribution < 1.29 is 5.11 Å². The van der Waals surface area contributed by atoms with Gasteiger partial charge in [-0.2, -0.15) is 0 Å². The van der Waals surface area contributed by atoms with Gasteiger partial charge in [0.05, 0.1) is 5.60 Å². The Morgan fingerprint density at radius 1 is 1.09 bits per heavy atom. The van der Waals surface area contributed by atoms with E-state index in [2.05, 4.69) is 20.8 Å². The molecule has 4 atom stereocenters. The van der Waals surface area contributed by atoms with E-state index in [9.17, 15) is 5.11 Å². The van der Waals surface area contributed by atoms with E-state index < -0.39 is 5.60 Å². The third-order valence-corrected chi connectivity index (χ3v) is 3.51. The number of aliphatic hydroxyl groups is 1. The highest BCUT2D eigenvalue weighted by Gasteiger charge is 2.39. The van der Waals surface area contributed by atoms with Crippen molar-refractivity contribution in [1.82, 2.24) is 0 Å². The normalized spacial score (nSPS) is 52.6. The van der Waals surface area contributed by atoms with Crippen molar-refractivity contribution in [3.8, 4) is 0 Å². The monoisotopic (exact) mass is 156 g/mol. The van der Waals surface area contributed by atoms with Gasteiger partial charge in [0, 0.05) is 0 Å². The fraction of sp³-hybridized carbons (Fsp3) is 1.00. The van der Waals surface area contributed by atoms with E-state index in [0.717, 1.165) is 5.92 Å². The van der Waals surface area contributed by atoms with Crippen LogP contribution in [0.25, 0.3) is 0 Å². The summed E-state index contributed by atoms with van der Waals surface area (Å²) in [4.78, 5) is 0. The highest BCUT2D eigenvalue weighted by atomic mass is 16.3. The van der Waals surface area contributed by atoms with Gasteiger partial charge in [-0.05, 0) is 37.5 Å². The van der Waals surface area contributed by atoms with E-state index in [0.29, 0.717) is 11.8 Å². The van der Waals surface area contributed by atoms with Crippen LogP contribution in [-0.2, 0) is 0 Å². The van der Waals surface area contributed by atoms with Crippen LogP contribution >= 0.6 is 0 Å². The molecular formula is C10H20O. The number of rotatable bonds is 0. The van der Waals surface area contributed by atoms with Crippen LogP contribution in [0.15, 0.2) is 0 Å². The maximum atomic E-state index is 10.0. The molecule has 0 aliphatic heterocycles. The molecule has 11 heavy (non-hydrogen) atoms. The minimum Gasteiger partial charge on any atom is -0.390 e. The first-order valence-electron chi connectivity index (χ1n) is 4.67. The van der Waals surface area contributed by atoms with Crippen LogP contribution in [0, 0.1) is 17.8 Å². The molecule has 1 heteroatoms. The van der Waals surface area contributed by atoms with E-state index in [1.165, 1.54) is 12.8 Å². The zero-order chi connectivity index (χ0) is 8.65. The SMILES string of the molecule is CC1C[C@@H](C)C(C)(O)[C@@H](C)C1. The van der Waals surface area contributed by atoms with Gasteiger partial charge in [0.25, 0.3) is 0 Å². The summed E-state index contributed by atoms with van der Waals surface area (Å²) in [6, 6.07) is 0. The zero-order valence-corrected chi connectivity index (χ0v) is 8.09. The van der Waals surface area contributed by atoms with Gasteiger partial charge in [-0.25, -0.2) is 0 Å². The van der Waals surface area contributed by atoms with Crippen molar-refractivity contribution in [1.29, 1.82) is 0 Å². The van der Waals surface area contributed by atoms with Gasteiger partial charge in [-0.3, -0.25) is 0 Å². The number of hydrogen-bond donors (Lipinski definition) is 1. The standard InChI is InChI=1S/C10H20O/c1-7-5-8(2)10(4,11)9(3)6-7/h7-9,11H,5-6H2,1-4H3/t7?,8-,9+,10?. The van der Waals surface area contributed by atoms with Crippen molar-refractivity contribution in [2.24, 2.45) is 17.8 Å². The van der Waals surface area contributed by atoms with Crippen molar-refractivity contribution >= 4 is 0 Å². The Bertz CT molecular complexity index is 126. The minimum atomic E-state index is -0.424. The van der Waals surface area contributed by atoms with E-state index in [1.54, 1.807) is 0 Å². The van der Waals surface area contributed by atoms with Crippen molar-refractivity contribution in [2.45, 2.75) is 46.1 Å². The molecule has 66 valence electrons. The molecule has 1 aliphatic rings. The highest BCUT2D eigenvalue weighted by Crippen LogP contribution is 2.40. The molecule has 0 radical (unpaired) electrons. The summed E-state index contributed by atoms with van der Waals surface area (Å²) in [5.74, 6) is 1.71. The van der Waals surface area contributed by atoms with Gasteiger partial charge >= 0.3 is 0 Å². The molecule has 1 aliphatic carbocycles. The molecule has 0 saturated heterocycles. The Kier molecular flexibility index (Phi) is 2.29. The summed E-state index contributed by atoms with van der Waals surface area (Å²) >= 11 is 0. The lowest BCUT2D eigenvalue weighted by Gasteiger charge is -2.43. The zero-order valence-electron chi connectivity index (χ0n) is 8.09. The molecule has 0 aromatic carbocycles. The second-order valence-electron chi connectivity index (χ2n) is 4.60. The Labute approximate surface area is 69.8 Å². The van der Waals surface area contributed by atoms with Crippen LogP contribution in [-0.4, -0.2) is 10.7 Å².